The molecule has 0 aliphatic rings. The summed E-state index contributed by atoms with van der Waals surface area (Å²) < 4.78 is 5.19. The summed E-state index contributed by atoms with van der Waals surface area (Å²) >= 11 is 0. The quantitative estimate of drug-likeness (QED) is 0.826. The van der Waals surface area contributed by atoms with E-state index in [1.165, 1.54) is 0 Å². The number of amides is 1. The summed E-state index contributed by atoms with van der Waals surface area (Å²) in [5.74, 6) is -0.787. The maximum atomic E-state index is 12.4. The van der Waals surface area contributed by atoms with E-state index in [1.807, 2.05) is 39.0 Å². The first-order valence-electron chi connectivity index (χ1n) is 8.25. The molecule has 1 heterocycles. The van der Waals surface area contributed by atoms with Crippen LogP contribution in [0.4, 0.5) is 0 Å². The van der Waals surface area contributed by atoms with E-state index < -0.39 is 5.97 Å². The van der Waals surface area contributed by atoms with Gasteiger partial charge in [0.25, 0.3) is 5.91 Å². The summed E-state index contributed by atoms with van der Waals surface area (Å²) in [5, 5.41) is 3.56. The average molecular weight is 328 g/mol. The lowest BCUT2D eigenvalue weighted by Gasteiger charge is -2.13. The van der Waals surface area contributed by atoms with Crippen LogP contribution in [0.5, 0.6) is 0 Å². The van der Waals surface area contributed by atoms with Crippen LogP contribution in [0.15, 0.2) is 24.3 Å². The highest BCUT2D eigenvalue weighted by Gasteiger charge is 2.16. The maximum absolute atomic E-state index is 12.4. The Bertz CT molecular complexity index is 756. The lowest BCUT2D eigenvalue weighted by atomic mass is 10.1. The highest BCUT2D eigenvalue weighted by Crippen LogP contribution is 2.20. The number of benzene rings is 1. The summed E-state index contributed by atoms with van der Waals surface area (Å²) in [6.45, 7) is 7.50. The molecule has 1 amide bonds. The Balaban J connectivity index is 2.11. The number of esters is 1. The van der Waals surface area contributed by atoms with Gasteiger partial charge in [-0.3, -0.25) is 9.78 Å². The molecule has 0 saturated carbocycles. The van der Waals surface area contributed by atoms with Crippen LogP contribution in [0.2, 0.25) is 0 Å². The molecule has 2 rings (SSSR count). The molecule has 0 aliphatic heterocycles. The molecule has 5 heteroatoms. The van der Waals surface area contributed by atoms with Gasteiger partial charge in [-0.25, -0.2) is 4.79 Å². The van der Waals surface area contributed by atoms with Gasteiger partial charge in [-0.05, 0) is 45.4 Å². The average Bonchev–Trinajstić information content (AvgIpc) is 2.52. The van der Waals surface area contributed by atoms with Gasteiger partial charge in [0.1, 0.15) is 0 Å². The standard InChI is InChI=1S/C19H24N2O3/c1-5-6-13(3)21-18(22)11-24-19(23)16-10-14(4)20-17-8-7-12(2)9-15(16)17/h7-10,13H,5-6,11H2,1-4H3,(H,21,22). The number of nitrogens with zero attached hydrogens (tertiary/aromatic N) is 1. The lowest BCUT2D eigenvalue weighted by molar-refractivity contribution is -0.124. The van der Waals surface area contributed by atoms with Crippen molar-refractivity contribution in [3.8, 4) is 0 Å². The van der Waals surface area contributed by atoms with Crippen LogP contribution in [0.3, 0.4) is 0 Å². The molecule has 1 unspecified atom stereocenters. The van der Waals surface area contributed by atoms with E-state index in [0.717, 1.165) is 35.0 Å². The van der Waals surface area contributed by atoms with E-state index >= 15 is 0 Å². The van der Waals surface area contributed by atoms with Crippen LogP contribution in [-0.4, -0.2) is 29.5 Å². The molecular formula is C19H24N2O3. The predicted molar refractivity (Wildman–Crippen MR) is 94.0 cm³/mol. The number of aryl methyl sites for hydroxylation is 2. The zero-order valence-corrected chi connectivity index (χ0v) is 14.7. The number of rotatable bonds is 6. The van der Waals surface area contributed by atoms with Gasteiger partial charge in [-0.2, -0.15) is 0 Å². The van der Waals surface area contributed by atoms with E-state index in [4.69, 9.17) is 4.74 Å². The molecule has 0 radical (unpaired) electrons. The van der Waals surface area contributed by atoms with E-state index in [9.17, 15) is 9.59 Å². The third-order valence-corrected chi connectivity index (χ3v) is 3.78. The topological polar surface area (TPSA) is 68.3 Å². The van der Waals surface area contributed by atoms with Crippen LogP contribution >= 0.6 is 0 Å². The van der Waals surface area contributed by atoms with Crippen LogP contribution < -0.4 is 5.32 Å². The number of hydrogen-bond acceptors (Lipinski definition) is 4. The smallest absolute Gasteiger partial charge is 0.339 e. The monoisotopic (exact) mass is 328 g/mol. The van der Waals surface area contributed by atoms with E-state index in [2.05, 4.69) is 17.2 Å². The van der Waals surface area contributed by atoms with Crippen LogP contribution in [0, 0.1) is 13.8 Å². The fraction of sp³-hybridized carbons (Fsp3) is 0.421. The molecule has 0 saturated heterocycles. The third-order valence-electron chi connectivity index (χ3n) is 3.78. The van der Waals surface area contributed by atoms with E-state index in [1.54, 1.807) is 6.07 Å². The number of ether oxygens (including phenoxy) is 1. The minimum Gasteiger partial charge on any atom is -0.452 e. The van der Waals surface area contributed by atoms with E-state index in [0.29, 0.717) is 5.56 Å². The Morgan fingerprint density at radius 2 is 2.00 bits per heavy atom. The second-order valence-corrected chi connectivity index (χ2v) is 6.17. The molecule has 1 atom stereocenters. The zero-order valence-electron chi connectivity index (χ0n) is 14.7. The molecule has 0 fully saturated rings. The van der Waals surface area contributed by atoms with Crippen molar-refractivity contribution in [2.75, 3.05) is 6.61 Å². The van der Waals surface area contributed by atoms with Gasteiger partial charge < -0.3 is 10.1 Å². The lowest BCUT2D eigenvalue weighted by Crippen LogP contribution is -2.35. The van der Waals surface area contributed by atoms with Crippen molar-refractivity contribution in [2.45, 2.75) is 46.6 Å². The molecule has 5 nitrogen and oxygen atoms in total. The molecule has 0 spiro atoms. The highest BCUT2D eigenvalue weighted by atomic mass is 16.5. The Morgan fingerprint density at radius 3 is 2.71 bits per heavy atom. The van der Waals surface area contributed by atoms with Crippen molar-refractivity contribution in [3.05, 3.63) is 41.1 Å². The molecule has 128 valence electrons. The van der Waals surface area contributed by atoms with Crippen LogP contribution in [0.1, 0.15) is 48.3 Å². The second-order valence-electron chi connectivity index (χ2n) is 6.17. The molecular weight excluding hydrogens is 304 g/mol. The SMILES string of the molecule is CCCC(C)NC(=O)COC(=O)c1cc(C)nc2ccc(C)cc12. The van der Waals surface area contributed by atoms with Crippen molar-refractivity contribution in [2.24, 2.45) is 0 Å². The number of pyridine rings is 1. The molecule has 0 aliphatic carbocycles. The molecule has 1 aromatic heterocycles. The van der Waals surface area contributed by atoms with E-state index in [-0.39, 0.29) is 18.6 Å². The Labute approximate surface area is 142 Å². The molecule has 1 N–H and O–H groups in total. The first-order valence-corrected chi connectivity index (χ1v) is 8.25. The van der Waals surface area contributed by atoms with Crippen LogP contribution in [0.25, 0.3) is 10.9 Å². The summed E-state index contributed by atoms with van der Waals surface area (Å²) in [4.78, 5) is 28.7. The molecule has 0 bridgehead atoms. The Kier molecular flexibility index (Phi) is 5.90. The van der Waals surface area contributed by atoms with Gasteiger partial charge in [0.2, 0.25) is 0 Å². The minimum atomic E-state index is -0.505. The third kappa shape index (κ3) is 4.54. The van der Waals surface area contributed by atoms with Gasteiger partial charge in [0, 0.05) is 17.1 Å². The van der Waals surface area contributed by atoms with Gasteiger partial charge in [-0.15, -0.1) is 0 Å². The van der Waals surface area contributed by atoms with Gasteiger partial charge in [0.05, 0.1) is 11.1 Å². The maximum Gasteiger partial charge on any atom is 0.339 e. The number of carbonyl (C=O) groups is 2. The minimum absolute atomic E-state index is 0.0767. The fourth-order valence-corrected chi connectivity index (χ4v) is 2.67. The fourth-order valence-electron chi connectivity index (χ4n) is 2.67. The first-order chi connectivity index (χ1) is 11.4. The van der Waals surface area contributed by atoms with Gasteiger partial charge >= 0.3 is 5.97 Å². The van der Waals surface area contributed by atoms with Crippen molar-refractivity contribution in [3.63, 3.8) is 0 Å². The van der Waals surface area contributed by atoms with Crippen molar-refractivity contribution in [1.82, 2.24) is 10.3 Å². The van der Waals surface area contributed by atoms with Gasteiger partial charge in [0.15, 0.2) is 6.61 Å². The van der Waals surface area contributed by atoms with Crippen molar-refractivity contribution < 1.29 is 14.3 Å². The summed E-state index contributed by atoms with van der Waals surface area (Å²) in [7, 11) is 0. The largest absolute Gasteiger partial charge is 0.452 e. The van der Waals surface area contributed by atoms with Crippen molar-refractivity contribution >= 4 is 22.8 Å². The highest BCUT2D eigenvalue weighted by molar-refractivity contribution is 6.04. The van der Waals surface area contributed by atoms with Crippen LogP contribution in [-0.2, 0) is 9.53 Å². The number of nitrogens with one attached hydrogen (secondary N) is 1. The Hall–Kier alpha value is -2.43. The summed E-state index contributed by atoms with van der Waals surface area (Å²) in [6.07, 6.45) is 1.88. The number of hydrogen-bond donors (Lipinski definition) is 1. The molecule has 2 aromatic rings. The predicted octanol–water partition coefficient (Wildman–Crippen LogP) is 3.31. The molecule has 1 aromatic carbocycles. The Morgan fingerprint density at radius 1 is 1.25 bits per heavy atom. The summed E-state index contributed by atoms with van der Waals surface area (Å²) in [6, 6.07) is 7.51. The second kappa shape index (κ2) is 7.90. The zero-order chi connectivity index (χ0) is 17.7. The van der Waals surface area contributed by atoms with Gasteiger partial charge in [-0.1, -0.05) is 25.0 Å². The summed E-state index contributed by atoms with van der Waals surface area (Å²) in [5.41, 5.74) is 2.96. The number of fused-ring (bicyclic) bond motifs is 1. The normalized spacial score (nSPS) is 12.0. The first kappa shape index (κ1) is 17.9. The van der Waals surface area contributed by atoms with Crippen molar-refractivity contribution in [1.29, 1.82) is 0 Å². The molecule has 24 heavy (non-hydrogen) atoms. The number of carbonyl (C=O) groups excluding carboxylic acids is 2. The number of aromatic nitrogens is 1.